The Morgan fingerprint density at radius 3 is 2.44 bits per heavy atom. The number of hydrogen-bond donors (Lipinski definition) is 1. The molecule has 0 spiro atoms. The molecular formula is C19H22N2O4. The van der Waals surface area contributed by atoms with Gasteiger partial charge in [-0.25, -0.2) is 4.79 Å². The molecule has 0 aliphatic rings. The summed E-state index contributed by atoms with van der Waals surface area (Å²) in [6, 6.07) is 10.6. The van der Waals surface area contributed by atoms with E-state index in [2.05, 4.69) is 5.32 Å². The van der Waals surface area contributed by atoms with E-state index in [1.807, 2.05) is 12.1 Å². The van der Waals surface area contributed by atoms with E-state index in [1.165, 1.54) is 6.92 Å². The van der Waals surface area contributed by atoms with E-state index in [0.29, 0.717) is 17.8 Å². The van der Waals surface area contributed by atoms with E-state index in [9.17, 15) is 14.4 Å². The second kappa shape index (κ2) is 8.82. The maximum absolute atomic E-state index is 12.1. The molecule has 6 heteroatoms. The van der Waals surface area contributed by atoms with Crippen LogP contribution in [0.2, 0.25) is 0 Å². The van der Waals surface area contributed by atoms with Crippen LogP contribution < -0.4 is 5.32 Å². The van der Waals surface area contributed by atoms with Crippen molar-refractivity contribution in [1.29, 1.82) is 0 Å². The number of nitrogens with zero attached hydrogens (tertiary/aromatic N) is 1. The molecule has 0 aliphatic heterocycles. The van der Waals surface area contributed by atoms with Crippen LogP contribution >= 0.6 is 0 Å². The van der Waals surface area contributed by atoms with Gasteiger partial charge in [-0.1, -0.05) is 24.3 Å². The molecule has 0 aliphatic carbocycles. The van der Waals surface area contributed by atoms with E-state index >= 15 is 0 Å². The SMILES string of the molecule is CC(=O)NCCCc1ccc(C(=O)COC(=O)c2cccn2C)cc1. The Kier molecular flexibility index (Phi) is 6.51. The summed E-state index contributed by atoms with van der Waals surface area (Å²) >= 11 is 0. The van der Waals surface area contributed by atoms with Gasteiger partial charge in [0, 0.05) is 32.3 Å². The van der Waals surface area contributed by atoms with Crippen LogP contribution in [-0.4, -0.2) is 35.4 Å². The number of carbonyl (C=O) groups is 3. The number of aromatic nitrogens is 1. The number of esters is 1. The lowest BCUT2D eigenvalue weighted by atomic mass is 10.1. The second-order valence-electron chi connectivity index (χ2n) is 5.79. The Hall–Kier alpha value is -2.89. The fraction of sp³-hybridized carbons (Fsp3) is 0.316. The van der Waals surface area contributed by atoms with Crippen molar-refractivity contribution in [2.75, 3.05) is 13.2 Å². The summed E-state index contributed by atoms with van der Waals surface area (Å²) in [5.74, 6) is -0.798. The minimum absolute atomic E-state index is 0.0363. The number of hydrogen-bond acceptors (Lipinski definition) is 4. The van der Waals surface area contributed by atoms with Gasteiger partial charge in [-0.2, -0.15) is 0 Å². The number of ketones is 1. The van der Waals surface area contributed by atoms with Crippen LogP contribution in [0.5, 0.6) is 0 Å². The molecule has 2 aromatic rings. The summed E-state index contributed by atoms with van der Waals surface area (Å²) in [4.78, 5) is 34.8. The van der Waals surface area contributed by atoms with Crippen LogP contribution in [0.25, 0.3) is 0 Å². The number of ether oxygens (including phenoxy) is 1. The molecule has 6 nitrogen and oxygen atoms in total. The molecule has 1 N–H and O–H groups in total. The number of amides is 1. The standard InChI is InChI=1S/C19H22N2O4/c1-14(22)20-11-3-5-15-7-9-16(10-8-15)18(23)13-25-19(24)17-6-4-12-21(17)2/h4,6-10,12H,3,5,11,13H2,1-2H3,(H,20,22). The third-order valence-electron chi connectivity index (χ3n) is 3.78. The molecule has 0 bridgehead atoms. The molecule has 0 fully saturated rings. The number of benzene rings is 1. The van der Waals surface area contributed by atoms with E-state index in [4.69, 9.17) is 4.74 Å². The zero-order valence-corrected chi connectivity index (χ0v) is 14.5. The second-order valence-corrected chi connectivity index (χ2v) is 5.79. The van der Waals surface area contributed by atoms with Gasteiger partial charge in [-0.3, -0.25) is 9.59 Å². The van der Waals surface area contributed by atoms with Crippen molar-refractivity contribution >= 4 is 17.7 Å². The van der Waals surface area contributed by atoms with Gasteiger partial charge < -0.3 is 14.6 Å². The van der Waals surface area contributed by atoms with E-state index in [0.717, 1.165) is 18.4 Å². The van der Waals surface area contributed by atoms with Gasteiger partial charge in [0.15, 0.2) is 12.4 Å². The number of Topliss-reactive ketones (excluding diaryl/α,β-unsaturated/α-hetero) is 1. The van der Waals surface area contributed by atoms with Crippen LogP contribution in [0.1, 0.15) is 39.8 Å². The molecule has 0 atom stereocenters. The Morgan fingerprint density at radius 1 is 1.12 bits per heavy atom. The zero-order chi connectivity index (χ0) is 18.2. The number of carbonyl (C=O) groups excluding carboxylic acids is 3. The van der Waals surface area contributed by atoms with Gasteiger partial charge in [0.1, 0.15) is 5.69 Å². The first-order valence-electron chi connectivity index (χ1n) is 8.12. The average molecular weight is 342 g/mol. The molecule has 1 heterocycles. The highest BCUT2D eigenvalue weighted by molar-refractivity contribution is 5.99. The Labute approximate surface area is 146 Å². The molecular weight excluding hydrogens is 320 g/mol. The monoisotopic (exact) mass is 342 g/mol. The Morgan fingerprint density at radius 2 is 1.84 bits per heavy atom. The van der Waals surface area contributed by atoms with E-state index in [-0.39, 0.29) is 18.3 Å². The molecule has 0 unspecified atom stereocenters. The number of aryl methyl sites for hydroxylation is 2. The quantitative estimate of drug-likeness (QED) is 0.453. The summed E-state index contributed by atoms with van der Waals surface area (Å²) in [5, 5.41) is 2.74. The molecule has 1 aromatic carbocycles. The summed E-state index contributed by atoms with van der Waals surface area (Å²) in [6.45, 7) is 1.84. The molecule has 0 radical (unpaired) electrons. The molecule has 25 heavy (non-hydrogen) atoms. The zero-order valence-electron chi connectivity index (χ0n) is 14.5. The topological polar surface area (TPSA) is 77.4 Å². The Bertz CT molecular complexity index is 747. The fourth-order valence-corrected chi connectivity index (χ4v) is 2.38. The molecule has 1 aromatic heterocycles. The minimum Gasteiger partial charge on any atom is -0.453 e. The van der Waals surface area contributed by atoms with Crippen LogP contribution in [0, 0.1) is 0 Å². The summed E-state index contributed by atoms with van der Waals surface area (Å²) in [7, 11) is 1.74. The predicted octanol–water partition coefficient (Wildman–Crippen LogP) is 2.13. The van der Waals surface area contributed by atoms with Gasteiger partial charge >= 0.3 is 5.97 Å². The van der Waals surface area contributed by atoms with Crippen molar-refractivity contribution in [1.82, 2.24) is 9.88 Å². The smallest absolute Gasteiger partial charge is 0.355 e. The lowest BCUT2D eigenvalue weighted by molar-refractivity contribution is -0.118. The maximum Gasteiger partial charge on any atom is 0.355 e. The highest BCUT2D eigenvalue weighted by atomic mass is 16.5. The number of rotatable bonds is 8. The predicted molar refractivity (Wildman–Crippen MR) is 93.5 cm³/mol. The van der Waals surface area contributed by atoms with Crippen LogP contribution in [0.4, 0.5) is 0 Å². The summed E-state index contributed by atoms with van der Waals surface area (Å²) < 4.78 is 6.71. The first kappa shape index (κ1) is 18.4. The molecule has 1 amide bonds. The van der Waals surface area contributed by atoms with Crippen molar-refractivity contribution in [3.05, 3.63) is 59.4 Å². The van der Waals surface area contributed by atoms with Crippen molar-refractivity contribution < 1.29 is 19.1 Å². The van der Waals surface area contributed by atoms with E-state index in [1.54, 1.807) is 42.1 Å². The van der Waals surface area contributed by atoms with Gasteiger partial charge in [0.2, 0.25) is 5.91 Å². The van der Waals surface area contributed by atoms with Crippen LogP contribution in [0.3, 0.4) is 0 Å². The largest absolute Gasteiger partial charge is 0.453 e. The Balaban J connectivity index is 1.81. The average Bonchev–Trinajstić information content (AvgIpc) is 3.03. The normalized spacial score (nSPS) is 10.3. The van der Waals surface area contributed by atoms with Gasteiger partial charge in [-0.15, -0.1) is 0 Å². The molecule has 0 saturated heterocycles. The fourth-order valence-electron chi connectivity index (χ4n) is 2.38. The van der Waals surface area contributed by atoms with Gasteiger partial charge in [-0.05, 0) is 30.5 Å². The van der Waals surface area contributed by atoms with Crippen LogP contribution in [-0.2, 0) is 23.0 Å². The van der Waals surface area contributed by atoms with Crippen molar-refractivity contribution in [2.45, 2.75) is 19.8 Å². The maximum atomic E-state index is 12.1. The highest BCUT2D eigenvalue weighted by Crippen LogP contribution is 2.09. The first-order chi connectivity index (χ1) is 12.0. The lowest BCUT2D eigenvalue weighted by Gasteiger charge is -2.06. The van der Waals surface area contributed by atoms with Crippen LogP contribution in [0.15, 0.2) is 42.6 Å². The van der Waals surface area contributed by atoms with Crippen molar-refractivity contribution in [3.8, 4) is 0 Å². The van der Waals surface area contributed by atoms with Crippen molar-refractivity contribution in [3.63, 3.8) is 0 Å². The highest BCUT2D eigenvalue weighted by Gasteiger charge is 2.13. The van der Waals surface area contributed by atoms with E-state index < -0.39 is 5.97 Å². The molecule has 0 saturated carbocycles. The number of nitrogens with one attached hydrogen (secondary N) is 1. The minimum atomic E-state index is -0.518. The lowest BCUT2D eigenvalue weighted by Crippen LogP contribution is -2.21. The van der Waals surface area contributed by atoms with Crippen molar-refractivity contribution in [2.24, 2.45) is 7.05 Å². The third-order valence-corrected chi connectivity index (χ3v) is 3.78. The molecule has 132 valence electrons. The first-order valence-corrected chi connectivity index (χ1v) is 8.12. The van der Waals surface area contributed by atoms with Gasteiger partial charge in [0.25, 0.3) is 0 Å². The molecule has 2 rings (SSSR count). The summed E-state index contributed by atoms with van der Waals surface area (Å²) in [6.07, 6.45) is 3.39. The van der Waals surface area contributed by atoms with Gasteiger partial charge in [0.05, 0.1) is 0 Å². The third kappa shape index (κ3) is 5.60. The summed E-state index contributed by atoms with van der Waals surface area (Å²) in [5.41, 5.74) is 2.00.